The summed E-state index contributed by atoms with van der Waals surface area (Å²) in [5, 5.41) is 0. The Balaban J connectivity index is 1.15. The van der Waals surface area contributed by atoms with Gasteiger partial charge in [-0.2, -0.15) is 0 Å². The van der Waals surface area contributed by atoms with Crippen molar-refractivity contribution in [2.75, 3.05) is 26.2 Å². The molecule has 3 aromatic rings. The monoisotopic (exact) mass is 419 g/mol. The number of aromatic nitrogens is 3. The molecule has 7 nitrogen and oxygen atoms in total. The first-order valence-electron chi connectivity index (χ1n) is 11.3. The fourth-order valence-electron chi connectivity index (χ4n) is 5.22. The first-order valence-corrected chi connectivity index (χ1v) is 11.3. The summed E-state index contributed by atoms with van der Waals surface area (Å²) < 4.78 is 1.95. The molecule has 162 valence electrons. The molecule has 7 heteroatoms. The lowest BCUT2D eigenvalue weighted by Gasteiger charge is -2.42. The van der Waals surface area contributed by atoms with Crippen molar-refractivity contribution in [3.05, 3.63) is 64.8 Å². The number of imidazole rings is 1. The molecule has 31 heavy (non-hydrogen) atoms. The topological polar surface area (TPSA) is 74.2 Å². The van der Waals surface area contributed by atoms with Crippen LogP contribution in [0.5, 0.6) is 0 Å². The highest BCUT2D eigenvalue weighted by Crippen LogP contribution is 2.28. The van der Waals surface area contributed by atoms with Gasteiger partial charge in [0.1, 0.15) is 0 Å². The molecular formula is C24H29N5O2. The molecule has 0 radical (unpaired) electrons. The first kappa shape index (κ1) is 20.0. The van der Waals surface area contributed by atoms with Crippen molar-refractivity contribution >= 4 is 16.9 Å². The highest BCUT2D eigenvalue weighted by Gasteiger charge is 2.31. The van der Waals surface area contributed by atoms with Gasteiger partial charge >= 0.3 is 5.69 Å². The smallest absolute Gasteiger partial charge is 0.326 e. The van der Waals surface area contributed by atoms with Crippen LogP contribution in [0.3, 0.4) is 0 Å². The SMILES string of the molecule is O=C(Cc1cccnc1)N1CCC(N2CCC(n3c(=O)[nH]c4ccccc43)CC2)CC1. The summed E-state index contributed by atoms with van der Waals surface area (Å²) in [5.41, 5.74) is 2.90. The summed E-state index contributed by atoms with van der Waals surface area (Å²) in [6, 6.07) is 12.6. The maximum Gasteiger partial charge on any atom is 0.326 e. The molecule has 2 fully saturated rings. The summed E-state index contributed by atoms with van der Waals surface area (Å²) in [7, 11) is 0. The predicted molar refractivity (Wildman–Crippen MR) is 120 cm³/mol. The number of hydrogen-bond donors (Lipinski definition) is 1. The van der Waals surface area contributed by atoms with Crippen molar-refractivity contribution in [2.24, 2.45) is 0 Å². The van der Waals surface area contributed by atoms with E-state index < -0.39 is 0 Å². The van der Waals surface area contributed by atoms with E-state index in [1.165, 1.54) is 0 Å². The Hall–Kier alpha value is -2.93. The molecule has 0 unspecified atom stereocenters. The molecule has 0 spiro atoms. The molecule has 0 bridgehead atoms. The van der Waals surface area contributed by atoms with E-state index in [9.17, 15) is 9.59 Å². The molecule has 2 aliphatic heterocycles. The third-order valence-electron chi connectivity index (χ3n) is 6.90. The number of nitrogens with zero attached hydrogens (tertiary/aromatic N) is 4. The molecule has 2 aromatic heterocycles. The van der Waals surface area contributed by atoms with Crippen LogP contribution in [0.1, 0.15) is 37.3 Å². The molecule has 2 aliphatic rings. The van der Waals surface area contributed by atoms with Crippen molar-refractivity contribution in [1.82, 2.24) is 24.3 Å². The van der Waals surface area contributed by atoms with Crippen LogP contribution in [0, 0.1) is 0 Å². The van der Waals surface area contributed by atoms with Crippen LogP contribution in [0.25, 0.3) is 11.0 Å². The van der Waals surface area contributed by atoms with Gasteiger partial charge in [-0.1, -0.05) is 18.2 Å². The molecule has 4 heterocycles. The predicted octanol–water partition coefficient (Wildman–Crippen LogP) is 2.60. The van der Waals surface area contributed by atoms with Gasteiger partial charge in [-0.15, -0.1) is 0 Å². The second-order valence-electron chi connectivity index (χ2n) is 8.73. The average Bonchev–Trinajstić information content (AvgIpc) is 3.15. The Kier molecular flexibility index (Phi) is 5.59. The second kappa shape index (κ2) is 8.67. The number of carbonyl (C=O) groups excluding carboxylic acids is 1. The van der Waals surface area contributed by atoms with Gasteiger partial charge in [0, 0.05) is 50.7 Å². The molecule has 2 saturated heterocycles. The zero-order valence-electron chi connectivity index (χ0n) is 17.7. The van der Waals surface area contributed by atoms with Crippen molar-refractivity contribution in [1.29, 1.82) is 0 Å². The minimum absolute atomic E-state index is 0.0000802. The zero-order valence-corrected chi connectivity index (χ0v) is 17.7. The number of pyridine rings is 1. The molecule has 0 aliphatic carbocycles. The Morgan fingerprint density at radius 1 is 0.968 bits per heavy atom. The maximum absolute atomic E-state index is 12.6. The number of H-pyrrole nitrogens is 1. The summed E-state index contributed by atoms with van der Waals surface area (Å²) >= 11 is 0. The number of carbonyl (C=O) groups is 1. The summed E-state index contributed by atoms with van der Waals surface area (Å²) in [5.74, 6) is 0.198. The molecule has 1 N–H and O–H groups in total. The maximum atomic E-state index is 12.6. The molecule has 0 atom stereocenters. The quantitative estimate of drug-likeness (QED) is 0.705. The number of piperidine rings is 2. The van der Waals surface area contributed by atoms with E-state index in [-0.39, 0.29) is 17.6 Å². The van der Waals surface area contributed by atoms with Gasteiger partial charge in [-0.25, -0.2) is 4.79 Å². The minimum Gasteiger partial charge on any atom is -0.342 e. The van der Waals surface area contributed by atoms with Crippen molar-refractivity contribution in [3.63, 3.8) is 0 Å². The van der Waals surface area contributed by atoms with E-state index in [1.807, 2.05) is 45.9 Å². The van der Waals surface area contributed by atoms with Gasteiger partial charge in [-0.05, 0) is 49.4 Å². The molecular weight excluding hydrogens is 390 g/mol. The number of benzene rings is 1. The zero-order chi connectivity index (χ0) is 21.2. The number of aromatic amines is 1. The summed E-state index contributed by atoms with van der Waals surface area (Å²) in [4.78, 5) is 36.8. The van der Waals surface area contributed by atoms with Gasteiger partial charge < -0.3 is 14.8 Å². The van der Waals surface area contributed by atoms with E-state index in [0.29, 0.717) is 12.5 Å². The van der Waals surface area contributed by atoms with Gasteiger partial charge in [0.05, 0.1) is 17.5 Å². The number of hydrogen-bond acceptors (Lipinski definition) is 4. The Bertz CT molecular complexity index is 1090. The third kappa shape index (κ3) is 4.14. The van der Waals surface area contributed by atoms with E-state index in [0.717, 1.165) is 68.5 Å². The number of likely N-dealkylation sites (tertiary alicyclic amines) is 2. The average molecular weight is 420 g/mol. The van der Waals surface area contributed by atoms with Crippen LogP contribution in [-0.2, 0) is 11.2 Å². The van der Waals surface area contributed by atoms with Crippen LogP contribution in [-0.4, -0.2) is 62.5 Å². The minimum atomic E-state index is 0.0000802. The van der Waals surface area contributed by atoms with E-state index >= 15 is 0 Å². The van der Waals surface area contributed by atoms with Crippen LogP contribution in [0.15, 0.2) is 53.6 Å². The summed E-state index contributed by atoms with van der Waals surface area (Å²) in [6.45, 7) is 3.66. The highest BCUT2D eigenvalue weighted by atomic mass is 16.2. The number of fused-ring (bicyclic) bond motifs is 1. The number of para-hydroxylation sites is 2. The van der Waals surface area contributed by atoms with E-state index in [4.69, 9.17) is 0 Å². The van der Waals surface area contributed by atoms with Gasteiger partial charge in [0.25, 0.3) is 0 Å². The van der Waals surface area contributed by atoms with Crippen LogP contribution in [0.2, 0.25) is 0 Å². The van der Waals surface area contributed by atoms with E-state index in [1.54, 1.807) is 12.4 Å². The standard InChI is InChI=1S/C24H29N5O2/c30-23(16-18-4-3-11-25-17-18)28-14-7-19(8-15-28)27-12-9-20(10-13-27)29-22-6-2-1-5-21(22)26-24(29)31/h1-6,11,17,19-20H,7-10,12-16H2,(H,26,31). The second-order valence-corrected chi connectivity index (χ2v) is 8.73. The molecule has 0 saturated carbocycles. The van der Waals surface area contributed by atoms with Crippen molar-refractivity contribution in [2.45, 2.75) is 44.2 Å². The number of nitrogens with one attached hydrogen (secondary N) is 1. The molecule has 1 aromatic carbocycles. The number of rotatable bonds is 4. The van der Waals surface area contributed by atoms with E-state index in [2.05, 4.69) is 14.9 Å². The molecule has 5 rings (SSSR count). The largest absolute Gasteiger partial charge is 0.342 e. The third-order valence-corrected chi connectivity index (χ3v) is 6.90. The Morgan fingerprint density at radius 2 is 1.71 bits per heavy atom. The Labute approximate surface area is 181 Å². The fourth-order valence-corrected chi connectivity index (χ4v) is 5.22. The van der Waals surface area contributed by atoms with Crippen molar-refractivity contribution in [3.8, 4) is 0 Å². The number of amides is 1. The summed E-state index contributed by atoms with van der Waals surface area (Å²) in [6.07, 6.45) is 7.96. The molecule has 1 amide bonds. The van der Waals surface area contributed by atoms with Crippen LogP contribution >= 0.6 is 0 Å². The van der Waals surface area contributed by atoms with Crippen LogP contribution < -0.4 is 5.69 Å². The van der Waals surface area contributed by atoms with Crippen LogP contribution in [0.4, 0.5) is 0 Å². The Morgan fingerprint density at radius 3 is 2.45 bits per heavy atom. The lowest BCUT2D eigenvalue weighted by atomic mass is 9.97. The normalized spacial score (nSPS) is 19.2. The fraction of sp³-hybridized carbons (Fsp3) is 0.458. The van der Waals surface area contributed by atoms with Crippen molar-refractivity contribution < 1.29 is 4.79 Å². The first-order chi connectivity index (χ1) is 15.2. The lowest BCUT2D eigenvalue weighted by Crippen LogP contribution is -2.49. The van der Waals surface area contributed by atoms with Gasteiger partial charge in [0.15, 0.2) is 0 Å². The van der Waals surface area contributed by atoms with Gasteiger partial charge in [-0.3, -0.25) is 14.3 Å². The lowest BCUT2D eigenvalue weighted by molar-refractivity contribution is -0.132. The van der Waals surface area contributed by atoms with Gasteiger partial charge in [0.2, 0.25) is 5.91 Å². The highest BCUT2D eigenvalue weighted by molar-refractivity contribution is 5.78.